The lowest BCUT2D eigenvalue weighted by atomic mass is 10.2. The van der Waals surface area contributed by atoms with Gasteiger partial charge in [0.1, 0.15) is 0 Å². The second kappa shape index (κ2) is 7.15. The minimum Gasteiger partial charge on any atom is -0.375 e. The number of hydrogen-bond donors (Lipinski definition) is 1. The van der Waals surface area contributed by atoms with Gasteiger partial charge in [0.2, 0.25) is 5.91 Å². The van der Waals surface area contributed by atoms with Gasteiger partial charge in [-0.1, -0.05) is 35.1 Å². The molecule has 2 rings (SSSR count). The first-order valence-electron chi connectivity index (χ1n) is 6.30. The first-order valence-corrected chi connectivity index (χ1v) is 8.48. The summed E-state index contributed by atoms with van der Waals surface area (Å²) in [6.07, 6.45) is 0. The molecule has 2 aromatic rings. The Bertz CT molecular complexity index is 645. The smallest absolute Gasteiger partial charge is 0.233 e. The third-order valence-corrected chi connectivity index (χ3v) is 5.40. The lowest BCUT2D eigenvalue weighted by Gasteiger charge is -2.17. The van der Waals surface area contributed by atoms with Crippen LogP contribution in [-0.2, 0) is 11.3 Å². The normalized spacial score (nSPS) is 10.6. The highest BCUT2D eigenvalue weighted by atomic mass is 35.5. The Hall–Kier alpha value is -1.24. The number of nitrogens with two attached hydrogens (primary N) is 1. The van der Waals surface area contributed by atoms with Crippen LogP contribution in [0.2, 0.25) is 5.02 Å². The summed E-state index contributed by atoms with van der Waals surface area (Å²) in [5.74, 6) is 0.436. The van der Waals surface area contributed by atoms with Gasteiger partial charge in [0.15, 0.2) is 5.13 Å². The third kappa shape index (κ3) is 4.62. The highest BCUT2D eigenvalue weighted by Crippen LogP contribution is 2.30. The SMILES string of the molecule is Cc1nc(N)sc1SCC(=O)N(C)Cc1cccc(Cl)c1. The summed E-state index contributed by atoms with van der Waals surface area (Å²) in [6.45, 7) is 2.44. The number of thioether (sulfide) groups is 1. The van der Waals surface area contributed by atoms with E-state index < -0.39 is 0 Å². The van der Waals surface area contributed by atoms with Crippen molar-refractivity contribution < 1.29 is 4.79 Å². The van der Waals surface area contributed by atoms with Crippen molar-refractivity contribution in [3.8, 4) is 0 Å². The topological polar surface area (TPSA) is 59.2 Å². The predicted molar refractivity (Wildman–Crippen MR) is 89.9 cm³/mol. The number of carbonyl (C=O) groups is 1. The number of aromatic nitrogens is 1. The van der Waals surface area contributed by atoms with E-state index in [9.17, 15) is 4.79 Å². The number of halogens is 1. The highest BCUT2D eigenvalue weighted by Gasteiger charge is 2.13. The summed E-state index contributed by atoms with van der Waals surface area (Å²) in [7, 11) is 1.79. The van der Waals surface area contributed by atoms with Crippen LogP contribution in [-0.4, -0.2) is 28.6 Å². The molecule has 0 aliphatic heterocycles. The van der Waals surface area contributed by atoms with E-state index in [-0.39, 0.29) is 5.91 Å². The number of benzene rings is 1. The molecule has 2 N–H and O–H groups in total. The van der Waals surface area contributed by atoms with E-state index in [2.05, 4.69) is 4.98 Å². The quantitative estimate of drug-likeness (QED) is 0.846. The van der Waals surface area contributed by atoms with Crippen LogP contribution < -0.4 is 5.73 Å². The molecule has 0 spiro atoms. The molecule has 0 bridgehead atoms. The zero-order valence-corrected chi connectivity index (χ0v) is 14.2. The number of anilines is 1. The maximum Gasteiger partial charge on any atom is 0.233 e. The van der Waals surface area contributed by atoms with E-state index in [1.54, 1.807) is 11.9 Å². The van der Waals surface area contributed by atoms with Crippen LogP contribution in [0.15, 0.2) is 28.5 Å². The molecule has 0 unspecified atom stereocenters. The van der Waals surface area contributed by atoms with E-state index in [0.29, 0.717) is 22.5 Å². The molecule has 1 aromatic heterocycles. The van der Waals surface area contributed by atoms with E-state index >= 15 is 0 Å². The lowest BCUT2D eigenvalue weighted by molar-refractivity contribution is -0.127. The van der Waals surface area contributed by atoms with Crippen molar-refractivity contribution in [3.63, 3.8) is 0 Å². The Balaban J connectivity index is 1.89. The Morgan fingerprint density at radius 3 is 2.90 bits per heavy atom. The van der Waals surface area contributed by atoms with Gasteiger partial charge in [0.25, 0.3) is 0 Å². The maximum atomic E-state index is 12.1. The maximum absolute atomic E-state index is 12.1. The largest absolute Gasteiger partial charge is 0.375 e. The fraction of sp³-hybridized carbons (Fsp3) is 0.286. The molecule has 0 atom stereocenters. The van der Waals surface area contributed by atoms with Gasteiger partial charge in [-0.15, -0.1) is 11.8 Å². The molecule has 1 heterocycles. The summed E-state index contributed by atoms with van der Waals surface area (Å²) in [6, 6.07) is 7.53. The van der Waals surface area contributed by atoms with E-state index in [1.807, 2.05) is 31.2 Å². The molecule has 21 heavy (non-hydrogen) atoms. The van der Waals surface area contributed by atoms with Gasteiger partial charge >= 0.3 is 0 Å². The van der Waals surface area contributed by atoms with Crippen LogP contribution in [0.1, 0.15) is 11.3 Å². The van der Waals surface area contributed by atoms with Crippen LogP contribution in [0.25, 0.3) is 0 Å². The van der Waals surface area contributed by atoms with Crippen LogP contribution in [0.3, 0.4) is 0 Å². The molecule has 0 radical (unpaired) electrons. The molecule has 0 aliphatic carbocycles. The minimum absolute atomic E-state index is 0.0614. The van der Waals surface area contributed by atoms with Crippen molar-refractivity contribution in [2.75, 3.05) is 18.5 Å². The Morgan fingerprint density at radius 2 is 2.29 bits per heavy atom. The zero-order chi connectivity index (χ0) is 15.4. The minimum atomic E-state index is 0.0614. The van der Waals surface area contributed by atoms with Gasteiger partial charge in [0, 0.05) is 18.6 Å². The number of nitrogen functional groups attached to an aromatic ring is 1. The van der Waals surface area contributed by atoms with Gasteiger partial charge in [-0.05, 0) is 24.6 Å². The molecular formula is C14H16ClN3OS2. The molecule has 112 valence electrons. The molecule has 4 nitrogen and oxygen atoms in total. The fourth-order valence-electron chi connectivity index (χ4n) is 1.77. The third-order valence-electron chi connectivity index (χ3n) is 2.83. The summed E-state index contributed by atoms with van der Waals surface area (Å²) in [5, 5.41) is 1.22. The fourth-order valence-corrected chi connectivity index (χ4v) is 3.95. The number of amides is 1. The van der Waals surface area contributed by atoms with Crippen LogP contribution in [0.5, 0.6) is 0 Å². The molecule has 1 amide bonds. The first kappa shape index (κ1) is 16.1. The highest BCUT2D eigenvalue weighted by molar-refractivity contribution is 8.01. The van der Waals surface area contributed by atoms with Gasteiger partial charge in [-0.25, -0.2) is 4.98 Å². The summed E-state index contributed by atoms with van der Waals surface area (Å²) in [4.78, 5) is 18.0. The lowest BCUT2D eigenvalue weighted by Crippen LogP contribution is -2.27. The van der Waals surface area contributed by atoms with Crippen LogP contribution in [0, 0.1) is 6.92 Å². The number of hydrogen-bond acceptors (Lipinski definition) is 5. The van der Waals surface area contributed by atoms with Gasteiger partial charge in [0.05, 0.1) is 15.7 Å². The second-order valence-electron chi connectivity index (χ2n) is 4.59. The summed E-state index contributed by atoms with van der Waals surface area (Å²) < 4.78 is 0.997. The van der Waals surface area contributed by atoms with Crippen molar-refractivity contribution in [2.45, 2.75) is 17.7 Å². The van der Waals surface area contributed by atoms with Crippen molar-refractivity contribution >= 4 is 45.7 Å². The molecule has 0 fully saturated rings. The molecule has 0 saturated carbocycles. The Kier molecular flexibility index (Phi) is 5.50. The van der Waals surface area contributed by atoms with Crippen molar-refractivity contribution in [1.82, 2.24) is 9.88 Å². The second-order valence-corrected chi connectivity index (χ2v) is 7.30. The number of thiazole rings is 1. The van der Waals surface area contributed by atoms with Gasteiger partial charge in [-0.2, -0.15) is 0 Å². The molecule has 1 aromatic carbocycles. The van der Waals surface area contributed by atoms with Gasteiger partial charge in [-0.3, -0.25) is 4.79 Å². The number of carbonyl (C=O) groups excluding carboxylic acids is 1. The van der Waals surface area contributed by atoms with E-state index in [0.717, 1.165) is 15.5 Å². The molecule has 7 heteroatoms. The van der Waals surface area contributed by atoms with Crippen molar-refractivity contribution in [3.05, 3.63) is 40.5 Å². The summed E-state index contributed by atoms with van der Waals surface area (Å²) >= 11 is 8.84. The van der Waals surface area contributed by atoms with E-state index in [1.165, 1.54) is 23.1 Å². The number of nitrogens with zero attached hydrogens (tertiary/aromatic N) is 2. The Morgan fingerprint density at radius 1 is 1.52 bits per heavy atom. The Labute approximate surface area is 137 Å². The van der Waals surface area contributed by atoms with E-state index in [4.69, 9.17) is 17.3 Å². The average Bonchev–Trinajstić information content (AvgIpc) is 2.74. The zero-order valence-electron chi connectivity index (χ0n) is 11.8. The molecule has 0 saturated heterocycles. The summed E-state index contributed by atoms with van der Waals surface area (Å²) in [5.41, 5.74) is 7.55. The van der Waals surface area contributed by atoms with Crippen molar-refractivity contribution in [1.29, 1.82) is 0 Å². The predicted octanol–water partition coefficient (Wildman–Crippen LogP) is 3.44. The standard InChI is InChI=1S/C14H16ClN3OS2/c1-9-13(21-14(16)17-9)20-8-12(19)18(2)7-10-4-3-5-11(15)6-10/h3-6H,7-8H2,1-2H3,(H2,16,17). The van der Waals surface area contributed by atoms with Crippen LogP contribution in [0.4, 0.5) is 5.13 Å². The first-order chi connectivity index (χ1) is 9.95. The van der Waals surface area contributed by atoms with Crippen LogP contribution >= 0.6 is 34.7 Å². The van der Waals surface area contributed by atoms with Crippen molar-refractivity contribution in [2.24, 2.45) is 0 Å². The average molecular weight is 342 g/mol. The number of aryl methyl sites for hydroxylation is 1. The van der Waals surface area contributed by atoms with Gasteiger partial charge < -0.3 is 10.6 Å². The number of rotatable bonds is 5. The molecular weight excluding hydrogens is 326 g/mol. The molecule has 0 aliphatic rings. The monoisotopic (exact) mass is 341 g/mol.